The number of ether oxygens (including phenoxy) is 1. The lowest BCUT2D eigenvalue weighted by Crippen LogP contribution is -2.07. The van der Waals surface area contributed by atoms with Crippen LogP contribution in [-0.4, -0.2) is 28.1 Å². The van der Waals surface area contributed by atoms with E-state index >= 15 is 0 Å². The molecule has 0 bridgehead atoms. The molecule has 1 aromatic heterocycles. The molecule has 0 radical (unpaired) electrons. The van der Waals surface area contributed by atoms with Gasteiger partial charge in [0.05, 0.1) is 6.61 Å². The van der Waals surface area contributed by atoms with E-state index in [9.17, 15) is 0 Å². The molecule has 0 aliphatic rings. The molecule has 0 fully saturated rings. The summed E-state index contributed by atoms with van der Waals surface area (Å²) in [5, 5.41) is 3.11. The van der Waals surface area contributed by atoms with Gasteiger partial charge in [-0.2, -0.15) is 15.0 Å². The topological polar surface area (TPSA) is 59.9 Å². The number of nitrogens with one attached hydrogen (secondary N) is 1. The number of hydrogen-bond donors (Lipinski definition) is 1. The van der Waals surface area contributed by atoms with E-state index in [0.717, 1.165) is 25.8 Å². The van der Waals surface area contributed by atoms with E-state index in [2.05, 4.69) is 27.2 Å². The normalized spacial score (nSPS) is 10.2. The van der Waals surface area contributed by atoms with E-state index in [1.54, 1.807) is 0 Å². The second-order valence-corrected chi connectivity index (χ2v) is 3.63. The number of rotatable bonds is 7. The van der Waals surface area contributed by atoms with Gasteiger partial charge in [0.1, 0.15) is 0 Å². The summed E-state index contributed by atoms with van der Waals surface area (Å²) in [5.41, 5.74) is 0. The monoisotopic (exact) mass is 244 g/mol. The predicted molar refractivity (Wildman–Crippen MR) is 64.0 cm³/mol. The number of hydrogen-bond acceptors (Lipinski definition) is 5. The highest BCUT2D eigenvalue weighted by molar-refractivity contribution is 6.28. The van der Waals surface area contributed by atoms with Crippen LogP contribution in [0.15, 0.2) is 0 Å². The molecule has 0 amide bonds. The third-order valence-electron chi connectivity index (χ3n) is 1.90. The summed E-state index contributed by atoms with van der Waals surface area (Å²) in [6, 6.07) is 0.284. The van der Waals surface area contributed by atoms with Gasteiger partial charge < -0.3 is 10.1 Å². The van der Waals surface area contributed by atoms with Crippen molar-refractivity contribution in [1.29, 1.82) is 0 Å². The molecule has 0 aliphatic carbocycles. The molecule has 0 aromatic carbocycles. The molecule has 0 unspecified atom stereocenters. The van der Waals surface area contributed by atoms with Gasteiger partial charge in [0, 0.05) is 6.54 Å². The molecule has 1 aromatic rings. The average molecular weight is 245 g/mol. The molecule has 0 saturated heterocycles. The van der Waals surface area contributed by atoms with Crippen LogP contribution in [-0.2, 0) is 0 Å². The molecule has 0 saturated carbocycles. The van der Waals surface area contributed by atoms with E-state index in [1.165, 1.54) is 0 Å². The Labute approximate surface area is 101 Å². The minimum absolute atomic E-state index is 0.149. The third-order valence-corrected chi connectivity index (χ3v) is 2.07. The lowest BCUT2D eigenvalue weighted by Gasteiger charge is -2.06. The molecule has 90 valence electrons. The zero-order valence-electron chi connectivity index (χ0n) is 9.66. The average Bonchev–Trinajstić information content (AvgIpc) is 2.24. The first-order valence-corrected chi connectivity index (χ1v) is 5.92. The van der Waals surface area contributed by atoms with E-state index in [4.69, 9.17) is 16.3 Å². The number of unbranched alkanes of at least 4 members (excludes halogenated alkanes) is 2. The van der Waals surface area contributed by atoms with Crippen LogP contribution in [0.25, 0.3) is 0 Å². The Hall–Kier alpha value is -1.10. The van der Waals surface area contributed by atoms with Crippen molar-refractivity contribution in [2.75, 3.05) is 18.5 Å². The Kier molecular flexibility index (Phi) is 5.85. The van der Waals surface area contributed by atoms with Crippen molar-refractivity contribution in [1.82, 2.24) is 15.0 Å². The van der Waals surface area contributed by atoms with Crippen LogP contribution in [0.1, 0.15) is 33.1 Å². The Morgan fingerprint density at radius 1 is 1.19 bits per heavy atom. The third kappa shape index (κ3) is 4.61. The highest BCUT2D eigenvalue weighted by Crippen LogP contribution is 2.11. The van der Waals surface area contributed by atoms with Crippen LogP contribution in [0.4, 0.5) is 5.95 Å². The summed E-state index contributed by atoms with van der Waals surface area (Å²) in [4.78, 5) is 11.9. The van der Waals surface area contributed by atoms with Gasteiger partial charge in [0.2, 0.25) is 11.2 Å². The van der Waals surface area contributed by atoms with Crippen molar-refractivity contribution in [2.45, 2.75) is 33.1 Å². The lowest BCUT2D eigenvalue weighted by molar-refractivity contribution is 0.282. The van der Waals surface area contributed by atoms with Crippen LogP contribution in [0.3, 0.4) is 0 Å². The van der Waals surface area contributed by atoms with Gasteiger partial charge >= 0.3 is 6.01 Å². The number of halogens is 1. The summed E-state index contributed by atoms with van der Waals surface area (Å²) in [7, 11) is 0. The lowest BCUT2D eigenvalue weighted by atomic mass is 10.3. The molecular weight excluding hydrogens is 228 g/mol. The number of nitrogens with zero attached hydrogens (tertiary/aromatic N) is 3. The first-order valence-electron chi connectivity index (χ1n) is 5.54. The Balaban J connectivity index is 2.51. The summed E-state index contributed by atoms with van der Waals surface area (Å²) in [5.74, 6) is 0.452. The van der Waals surface area contributed by atoms with Gasteiger partial charge in [-0.3, -0.25) is 0 Å². The molecular formula is C10H17ClN4O. The van der Waals surface area contributed by atoms with Crippen molar-refractivity contribution in [3.05, 3.63) is 5.28 Å². The summed E-state index contributed by atoms with van der Waals surface area (Å²) >= 11 is 5.74. The quantitative estimate of drug-likeness (QED) is 0.747. The largest absolute Gasteiger partial charge is 0.463 e. The first kappa shape index (κ1) is 13.0. The van der Waals surface area contributed by atoms with Crippen molar-refractivity contribution in [2.24, 2.45) is 0 Å². The fourth-order valence-electron chi connectivity index (χ4n) is 1.15. The van der Waals surface area contributed by atoms with Crippen LogP contribution < -0.4 is 10.1 Å². The predicted octanol–water partition coefficient (Wildman–Crippen LogP) is 2.53. The van der Waals surface area contributed by atoms with Crippen molar-refractivity contribution >= 4 is 17.5 Å². The van der Waals surface area contributed by atoms with Gasteiger partial charge in [-0.1, -0.05) is 19.8 Å². The molecule has 5 nitrogen and oxygen atoms in total. The molecule has 0 aliphatic heterocycles. The SMILES string of the molecule is CCCCCOc1nc(Cl)nc(NCC)n1. The Morgan fingerprint density at radius 3 is 2.69 bits per heavy atom. The van der Waals surface area contributed by atoms with Crippen LogP contribution in [0.5, 0.6) is 6.01 Å². The molecule has 0 atom stereocenters. The zero-order chi connectivity index (χ0) is 11.8. The van der Waals surface area contributed by atoms with Gasteiger partial charge in [-0.05, 0) is 24.9 Å². The maximum Gasteiger partial charge on any atom is 0.322 e. The van der Waals surface area contributed by atoms with Crippen molar-refractivity contribution in [3.8, 4) is 6.01 Å². The Bertz CT molecular complexity index is 322. The van der Waals surface area contributed by atoms with Crippen LogP contribution in [0, 0.1) is 0 Å². The smallest absolute Gasteiger partial charge is 0.322 e. The molecule has 1 rings (SSSR count). The number of anilines is 1. The highest BCUT2D eigenvalue weighted by Gasteiger charge is 2.04. The van der Waals surface area contributed by atoms with E-state index < -0.39 is 0 Å². The summed E-state index contributed by atoms with van der Waals surface area (Å²) < 4.78 is 5.39. The van der Waals surface area contributed by atoms with Gasteiger partial charge in [0.25, 0.3) is 0 Å². The van der Waals surface area contributed by atoms with Gasteiger partial charge in [-0.25, -0.2) is 0 Å². The fourth-order valence-corrected chi connectivity index (χ4v) is 1.30. The molecule has 6 heteroatoms. The first-order chi connectivity index (χ1) is 7.76. The minimum Gasteiger partial charge on any atom is -0.463 e. The van der Waals surface area contributed by atoms with Crippen LogP contribution in [0.2, 0.25) is 5.28 Å². The van der Waals surface area contributed by atoms with Crippen molar-refractivity contribution < 1.29 is 4.74 Å². The van der Waals surface area contributed by atoms with Gasteiger partial charge in [0.15, 0.2) is 0 Å². The van der Waals surface area contributed by atoms with Crippen LogP contribution >= 0.6 is 11.6 Å². The van der Waals surface area contributed by atoms with E-state index in [0.29, 0.717) is 12.6 Å². The van der Waals surface area contributed by atoms with E-state index in [1.807, 2.05) is 6.92 Å². The maximum absolute atomic E-state index is 5.74. The molecule has 1 heterocycles. The summed E-state index contributed by atoms with van der Waals surface area (Å²) in [6.45, 7) is 5.44. The second-order valence-electron chi connectivity index (χ2n) is 3.30. The molecule has 0 spiro atoms. The maximum atomic E-state index is 5.74. The highest BCUT2D eigenvalue weighted by atomic mass is 35.5. The minimum atomic E-state index is 0.149. The van der Waals surface area contributed by atoms with Gasteiger partial charge in [-0.15, -0.1) is 0 Å². The Morgan fingerprint density at radius 2 is 2.00 bits per heavy atom. The second kappa shape index (κ2) is 7.22. The standard InChI is InChI=1S/C10H17ClN4O/c1-3-5-6-7-16-10-14-8(11)13-9(15-10)12-4-2/h3-7H2,1-2H3,(H,12,13,14,15). The number of aromatic nitrogens is 3. The summed E-state index contributed by atoms with van der Waals surface area (Å²) in [6.07, 6.45) is 3.29. The van der Waals surface area contributed by atoms with Crippen molar-refractivity contribution in [3.63, 3.8) is 0 Å². The zero-order valence-corrected chi connectivity index (χ0v) is 10.4. The molecule has 1 N–H and O–H groups in total. The molecule has 16 heavy (non-hydrogen) atoms. The fraction of sp³-hybridized carbons (Fsp3) is 0.700. The van der Waals surface area contributed by atoms with E-state index in [-0.39, 0.29) is 11.3 Å².